The lowest BCUT2D eigenvalue weighted by Gasteiger charge is -2.20. The van der Waals surface area contributed by atoms with Gasteiger partial charge in [0.2, 0.25) is 0 Å². The molecule has 33 heavy (non-hydrogen) atoms. The number of ether oxygens (including phenoxy) is 3. The number of carbonyl (C=O) groups is 1. The van der Waals surface area contributed by atoms with E-state index in [1.807, 2.05) is 13.8 Å². The Balaban J connectivity index is 1.82. The average Bonchev–Trinajstić information content (AvgIpc) is 3.23. The Morgan fingerprint density at radius 2 is 2.00 bits per heavy atom. The van der Waals surface area contributed by atoms with Gasteiger partial charge in [0.15, 0.2) is 17.7 Å². The summed E-state index contributed by atoms with van der Waals surface area (Å²) in [5.41, 5.74) is 6.57. The van der Waals surface area contributed by atoms with E-state index in [1.165, 1.54) is 17.8 Å². The number of hydrogen-bond acceptors (Lipinski definition) is 11. The Morgan fingerprint density at radius 1 is 1.30 bits per heavy atom. The van der Waals surface area contributed by atoms with Crippen molar-refractivity contribution >= 4 is 30.5 Å². The quantitative estimate of drug-likeness (QED) is 0.218. The summed E-state index contributed by atoms with van der Waals surface area (Å²) in [5.74, 6) is -2.55. The number of imidazole rings is 1. The van der Waals surface area contributed by atoms with E-state index >= 15 is 0 Å². The molecule has 0 saturated carbocycles. The first-order valence-corrected chi connectivity index (χ1v) is 12.0. The van der Waals surface area contributed by atoms with Gasteiger partial charge in [0.25, 0.3) is 5.85 Å². The molecule has 0 aromatic carbocycles. The van der Waals surface area contributed by atoms with Crippen molar-refractivity contribution in [2.24, 2.45) is 5.92 Å². The van der Waals surface area contributed by atoms with Crippen molar-refractivity contribution in [3.05, 3.63) is 12.2 Å². The number of nitrogens with two attached hydrogens (primary N) is 1. The Kier molecular flexibility index (Phi) is 7.69. The zero-order valence-electron chi connectivity index (χ0n) is 18.3. The fourth-order valence-corrected chi connectivity index (χ4v) is 4.06. The van der Waals surface area contributed by atoms with Crippen LogP contribution in [0.3, 0.4) is 0 Å². The summed E-state index contributed by atoms with van der Waals surface area (Å²) < 4.78 is 28.4. The number of carbonyl (C=O) groups excluding carboxylic acids is 1. The second-order valence-corrected chi connectivity index (χ2v) is 9.67. The van der Waals surface area contributed by atoms with Crippen molar-refractivity contribution in [3.63, 3.8) is 0 Å². The number of esters is 1. The first kappa shape index (κ1) is 25.4. The van der Waals surface area contributed by atoms with Gasteiger partial charge in [0.05, 0.1) is 19.5 Å². The first-order valence-electron chi connectivity index (χ1n) is 10.3. The highest BCUT2D eigenvalue weighted by molar-refractivity contribution is 7.53. The summed E-state index contributed by atoms with van der Waals surface area (Å²) in [7, 11) is -5.01. The second kappa shape index (κ2) is 9.97. The number of aromatic nitrogens is 4. The van der Waals surface area contributed by atoms with E-state index in [4.69, 9.17) is 15.2 Å². The molecule has 2 aromatic heterocycles. The SMILES string of the molecule is CCOC(=O)[C@H](OC[C@H]1O[C@@H](n2cnc3c(N)nc(CC(C)C)nc32)[C@H](O)[C@@H]1O)P(=O)(O)O. The van der Waals surface area contributed by atoms with E-state index in [-0.39, 0.29) is 29.5 Å². The fourth-order valence-electron chi connectivity index (χ4n) is 3.43. The van der Waals surface area contributed by atoms with Crippen LogP contribution in [0, 0.1) is 5.92 Å². The van der Waals surface area contributed by atoms with Crippen molar-refractivity contribution in [2.45, 2.75) is 57.6 Å². The molecular formula is C18H28N5O9P. The number of aliphatic hydroxyl groups excluding tert-OH is 2. The second-order valence-electron chi connectivity index (χ2n) is 8.02. The molecule has 0 aliphatic carbocycles. The van der Waals surface area contributed by atoms with Gasteiger partial charge in [-0.2, -0.15) is 0 Å². The van der Waals surface area contributed by atoms with E-state index < -0.39 is 50.6 Å². The molecule has 1 saturated heterocycles. The van der Waals surface area contributed by atoms with Crippen LogP contribution in [0.1, 0.15) is 32.8 Å². The number of aliphatic hydroxyl groups is 2. The minimum absolute atomic E-state index is 0.112. The van der Waals surface area contributed by atoms with Crippen LogP contribution in [0.4, 0.5) is 5.82 Å². The summed E-state index contributed by atoms with van der Waals surface area (Å²) in [6.45, 7) is 4.74. The lowest BCUT2D eigenvalue weighted by Crippen LogP contribution is -2.36. The molecule has 0 radical (unpaired) electrons. The third kappa shape index (κ3) is 5.49. The molecule has 0 spiro atoms. The van der Waals surface area contributed by atoms with Gasteiger partial charge in [-0.3, -0.25) is 9.13 Å². The number of rotatable bonds is 9. The van der Waals surface area contributed by atoms with Crippen molar-refractivity contribution in [2.75, 3.05) is 18.9 Å². The third-order valence-corrected chi connectivity index (χ3v) is 5.88. The predicted molar refractivity (Wildman–Crippen MR) is 113 cm³/mol. The fraction of sp³-hybridized carbons (Fsp3) is 0.667. The highest BCUT2D eigenvalue weighted by Crippen LogP contribution is 2.43. The number of anilines is 1. The van der Waals surface area contributed by atoms with Gasteiger partial charge in [0.1, 0.15) is 29.7 Å². The molecule has 14 nitrogen and oxygen atoms in total. The average molecular weight is 489 g/mol. The maximum Gasteiger partial charge on any atom is 0.365 e. The van der Waals surface area contributed by atoms with Crippen LogP contribution >= 0.6 is 7.60 Å². The molecule has 1 aliphatic heterocycles. The number of hydrogen-bond donors (Lipinski definition) is 5. The predicted octanol–water partition coefficient (Wildman–Crippen LogP) is -0.690. The molecular weight excluding hydrogens is 461 g/mol. The maximum absolute atomic E-state index is 11.8. The first-order chi connectivity index (χ1) is 15.4. The van der Waals surface area contributed by atoms with Crippen molar-refractivity contribution in [1.29, 1.82) is 0 Å². The molecule has 15 heteroatoms. The topological polar surface area (TPSA) is 212 Å². The van der Waals surface area contributed by atoms with Crippen LogP contribution in [0.15, 0.2) is 6.33 Å². The van der Waals surface area contributed by atoms with E-state index in [1.54, 1.807) is 0 Å². The van der Waals surface area contributed by atoms with Gasteiger partial charge in [0, 0.05) is 6.42 Å². The van der Waals surface area contributed by atoms with Gasteiger partial charge in [-0.15, -0.1) is 0 Å². The minimum atomic E-state index is -5.01. The molecule has 0 amide bonds. The van der Waals surface area contributed by atoms with Crippen molar-refractivity contribution in [3.8, 4) is 0 Å². The molecule has 2 aromatic rings. The van der Waals surface area contributed by atoms with Gasteiger partial charge in [-0.25, -0.2) is 19.7 Å². The largest absolute Gasteiger partial charge is 0.464 e. The molecule has 184 valence electrons. The lowest BCUT2D eigenvalue weighted by molar-refractivity contribution is -0.155. The standard InChI is InChI=1S/C18H28N5O9P/c1-4-30-17(26)18(33(27,28)29)31-6-9-12(24)13(25)16(32-9)23-7-20-11-14(19)21-10(5-8(2)3)22-15(11)23/h7-9,12-13,16,18,24-25H,4-6H2,1-3H3,(H2,19,21,22)(H2,27,28,29)/t9-,12-,13-,16-,18-/m1/s1. The van der Waals surface area contributed by atoms with Gasteiger partial charge in [-0.1, -0.05) is 13.8 Å². The number of fused-ring (bicyclic) bond motifs is 1. The molecule has 0 unspecified atom stereocenters. The molecule has 0 bridgehead atoms. The highest BCUT2D eigenvalue weighted by atomic mass is 31.2. The Morgan fingerprint density at radius 3 is 2.61 bits per heavy atom. The molecule has 3 heterocycles. The Hall–Kier alpha value is -2.19. The van der Waals surface area contributed by atoms with E-state index in [0.29, 0.717) is 12.2 Å². The third-order valence-electron chi connectivity index (χ3n) is 4.91. The Labute approximate surface area is 188 Å². The van der Waals surface area contributed by atoms with Crippen LogP contribution in [-0.2, 0) is 30.0 Å². The van der Waals surface area contributed by atoms with Crippen molar-refractivity contribution in [1.82, 2.24) is 19.5 Å². The zero-order valence-corrected chi connectivity index (χ0v) is 19.2. The van der Waals surface area contributed by atoms with Crippen LogP contribution in [0.5, 0.6) is 0 Å². The molecule has 3 rings (SSSR count). The molecule has 1 aliphatic rings. The van der Waals surface area contributed by atoms with Crippen LogP contribution in [0.25, 0.3) is 11.2 Å². The van der Waals surface area contributed by atoms with E-state index in [2.05, 4.69) is 19.7 Å². The summed E-state index contributed by atoms with van der Waals surface area (Å²) in [4.78, 5) is 43.5. The van der Waals surface area contributed by atoms with Crippen LogP contribution in [-0.4, -0.2) is 82.9 Å². The lowest BCUT2D eigenvalue weighted by atomic mass is 10.1. The summed E-state index contributed by atoms with van der Waals surface area (Å²) in [5, 5.41) is 21.0. The van der Waals surface area contributed by atoms with Crippen LogP contribution in [0.2, 0.25) is 0 Å². The Bertz CT molecular complexity index is 1040. The summed E-state index contributed by atoms with van der Waals surface area (Å²) in [6, 6.07) is 0. The summed E-state index contributed by atoms with van der Waals surface area (Å²) in [6.07, 6.45) is -3.46. The van der Waals surface area contributed by atoms with Gasteiger partial charge < -0.3 is 39.9 Å². The van der Waals surface area contributed by atoms with E-state index in [0.717, 1.165) is 0 Å². The zero-order chi connectivity index (χ0) is 24.5. The molecule has 6 N–H and O–H groups in total. The maximum atomic E-state index is 11.8. The normalized spacial score (nSPS) is 24.5. The smallest absolute Gasteiger partial charge is 0.365 e. The van der Waals surface area contributed by atoms with Gasteiger partial charge in [-0.05, 0) is 12.8 Å². The number of nitrogen functional groups attached to an aromatic ring is 1. The number of nitrogens with zero attached hydrogens (tertiary/aromatic N) is 4. The minimum Gasteiger partial charge on any atom is -0.464 e. The summed E-state index contributed by atoms with van der Waals surface area (Å²) >= 11 is 0. The van der Waals surface area contributed by atoms with Crippen molar-refractivity contribution < 1.29 is 43.6 Å². The van der Waals surface area contributed by atoms with Crippen LogP contribution < -0.4 is 5.73 Å². The van der Waals surface area contributed by atoms with E-state index in [9.17, 15) is 29.4 Å². The van der Waals surface area contributed by atoms with Gasteiger partial charge >= 0.3 is 13.6 Å². The highest BCUT2D eigenvalue weighted by Gasteiger charge is 2.46. The molecule has 1 fully saturated rings. The monoisotopic (exact) mass is 489 g/mol. The molecule has 5 atom stereocenters.